The molecule has 0 bridgehead atoms. The second kappa shape index (κ2) is 42.0. The summed E-state index contributed by atoms with van der Waals surface area (Å²) in [5, 5.41) is 55.7. The Morgan fingerprint density at radius 3 is 1.09 bits per heavy atom. The first-order chi connectivity index (χ1) is 58.1. The molecule has 4 aliphatic carbocycles. The smallest absolute Gasteiger partial charge is 0.521 e. The molecule has 4 saturated carbocycles. The topological polar surface area (TPSA) is 470 Å². The number of carbonyl (C=O) groups excluding carboxylic acids is 4. The third-order valence-corrected chi connectivity index (χ3v) is 23.2. The van der Waals surface area contributed by atoms with E-state index < -0.39 is 28.1 Å². The molecule has 0 aliphatic heterocycles. The highest BCUT2D eigenvalue weighted by atomic mass is 35.6. The van der Waals surface area contributed by atoms with Crippen LogP contribution in [0.2, 0.25) is 0 Å². The molecule has 638 valence electrons. The predicted octanol–water partition coefficient (Wildman–Crippen LogP) is 16.7. The molecule has 121 heavy (non-hydrogen) atoms. The highest BCUT2D eigenvalue weighted by Gasteiger charge is 2.34. The monoisotopic (exact) mass is 1750 g/mol. The molecule has 4 fully saturated rings. The molecule has 0 radical (unpaired) electrons. The van der Waals surface area contributed by atoms with Crippen molar-refractivity contribution in [2.45, 2.75) is 211 Å². The maximum atomic E-state index is 12.1. The molecule has 0 saturated heterocycles. The molecule has 0 aromatic carbocycles. The van der Waals surface area contributed by atoms with Gasteiger partial charge in [0.1, 0.15) is 47.9 Å². The van der Waals surface area contributed by atoms with Crippen molar-refractivity contribution in [2.24, 2.45) is 40.2 Å². The van der Waals surface area contributed by atoms with Crippen LogP contribution in [0, 0.1) is 68.5 Å². The quantitative estimate of drug-likeness (QED) is 0.0122. The van der Waals surface area contributed by atoms with Gasteiger partial charge in [-0.15, -0.1) is 0 Å². The van der Waals surface area contributed by atoms with Gasteiger partial charge in [-0.3, -0.25) is 47.0 Å². The van der Waals surface area contributed by atoms with Gasteiger partial charge in [-0.1, -0.05) is 86.2 Å². The summed E-state index contributed by atoms with van der Waals surface area (Å²) >= 11 is 19.5. The summed E-state index contributed by atoms with van der Waals surface area (Å²) in [6.07, 6.45) is 49.6. The average molecular weight is 1750 g/mol. The van der Waals surface area contributed by atoms with Gasteiger partial charge in [-0.2, -0.15) is 36.2 Å². The second-order valence-corrected chi connectivity index (χ2v) is 35.4. The number of nitrogens with zero attached hydrogens (tertiary/aromatic N) is 21. The number of ether oxygens (including phenoxy) is 2. The Bertz CT molecular complexity index is 5490. The van der Waals surface area contributed by atoms with Gasteiger partial charge in [-0.05, 0) is 157 Å². The minimum absolute atomic E-state index is 0. The molecule has 5 N–H and O–H groups in total. The lowest BCUT2D eigenvalue weighted by atomic mass is 9.95. The standard InChI is InChI=1S/C23H30N6O3.C23H28N6O2.2C17H18N6.C2Cl4O.HO4P.H2/c1-23(2,3)22(31)32-14-28-9-8-17-20(25-13-26-21(17)28)16-11-27-29(12-16)18(10-19(24)30)15-6-4-5-7-15;1-23(2,3)22(30)31-15-28-11-9-18-20(25-14-26-21(18)28)17-12-27-29(13-17)19(8-10-24)16-6-4-5-7-16;2*18-7-5-15(12-3-1-2-4-12)23-10-13(9-22-23)16-14-6-8-19-17(14)21-11-20-16;3-1(7)2(4,5)6;1-4-5(2)3;/h8-9,11-13,15,18H,4-7,10,14H2,1-3H3,(H2,24,30);9,11-14,16,19H,4-8,15H2,1-3H3;2*6,8-12,15H,1-5H2,(H,19,20,21);;1H;1H/t18-;19-;2*15-;;;/m1111.../s1. The van der Waals surface area contributed by atoms with Crippen LogP contribution >= 0.6 is 54.7 Å². The zero-order valence-electron chi connectivity index (χ0n) is 67.8. The molecule has 1 unspecified atom stereocenters. The van der Waals surface area contributed by atoms with Crippen molar-refractivity contribution in [3.8, 4) is 63.2 Å². The van der Waals surface area contributed by atoms with E-state index in [0.717, 1.165) is 104 Å². The summed E-state index contributed by atoms with van der Waals surface area (Å²) in [6.45, 7) is 11.1. The first-order valence-electron chi connectivity index (χ1n) is 39.9. The number of nitrogens with two attached hydrogens (primary N) is 1. The molecule has 5 atom stereocenters. The fraction of sp³-hybridized carbons (Fsp3) is 0.476. The number of aromatic amines is 2. The van der Waals surface area contributed by atoms with Crippen molar-refractivity contribution in [1.82, 2.24) is 98.1 Å². The van der Waals surface area contributed by atoms with E-state index in [9.17, 15) is 35.0 Å². The number of primary amides is 1. The Kier molecular flexibility index (Phi) is 31.5. The minimum Gasteiger partial charge on any atom is -0.565 e. The van der Waals surface area contributed by atoms with Gasteiger partial charge in [0.15, 0.2) is 13.5 Å². The maximum absolute atomic E-state index is 12.1. The van der Waals surface area contributed by atoms with Crippen molar-refractivity contribution >= 4 is 122 Å². The van der Waals surface area contributed by atoms with E-state index in [-0.39, 0.29) is 63.3 Å². The number of halogens is 4. The fourth-order valence-corrected chi connectivity index (χ4v) is 15.9. The number of nitriles is 3. The van der Waals surface area contributed by atoms with Crippen LogP contribution in [0.1, 0.15) is 196 Å². The van der Waals surface area contributed by atoms with E-state index in [2.05, 4.69) is 93.1 Å². The summed E-state index contributed by atoms with van der Waals surface area (Å²) in [4.78, 5) is 95.9. The summed E-state index contributed by atoms with van der Waals surface area (Å²) in [5.74, 6) is 1.16. The minimum atomic E-state index is -3.04. The molecular formula is C82H97Cl4N24O10P. The summed E-state index contributed by atoms with van der Waals surface area (Å²) < 4.78 is 31.9. The Balaban J connectivity index is 0.000000164. The maximum Gasteiger partial charge on any atom is 0.521 e. The van der Waals surface area contributed by atoms with Crippen LogP contribution in [0.25, 0.3) is 89.2 Å². The Labute approximate surface area is 719 Å². The number of esters is 2. The van der Waals surface area contributed by atoms with E-state index in [4.69, 9.17) is 76.3 Å². The van der Waals surface area contributed by atoms with E-state index in [0.29, 0.717) is 54.2 Å². The summed E-state index contributed by atoms with van der Waals surface area (Å²) in [6, 6.07) is 15.2. The van der Waals surface area contributed by atoms with E-state index >= 15 is 0 Å². The molecule has 39 heteroatoms. The normalized spacial score (nSPS) is 15.7. The number of alkyl halides is 3. The average Bonchev–Trinajstić information content (AvgIpc) is 1.65. The Hall–Kier alpha value is -11.0. The summed E-state index contributed by atoms with van der Waals surface area (Å²) in [5.41, 5.74) is 14.4. The Morgan fingerprint density at radius 2 is 0.810 bits per heavy atom. The molecule has 0 spiro atoms. The molecule has 12 heterocycles. The van der Waals surface area contributed by atoms with E-state index in [1.165, 1.54) is 89.7 Å². The van der Waals surface area contributed by atoms with Gasteiger partial charge >= 0.3 is 20.2 Å². The van der Waals surface area contributed by atoms with Crippen LogP contribution in [0.4, 0.5) is 0 Å². The largest absolute Gasteiger partial charge is 0.565 e. The number of nitrogens with one attached hydrogen (secondary N) is 2. The zero-order chi connectivity index (χ0) is 86.5. The van der Waals surface area contributed by atoms with Crippen molar-refractivity contribution in [3.63, 3.8) is 0 Å². The number of fused-ring (bicyclic) bond motifs is 4. The van der Waals surface area contributed by atoms with Crippen molar-refractivity contribution in [3.05, 3.63) is 124 Å². The number of amides is 1. The van der Waals surface area contributed by atoms with Crippen LogP contribution in [-0.2, 0) is 51.4 Å². The molecule has 1 amide bonds. The van der Waals surface area contributed by atoms with Crippen molar-refractivity contribution in [1.29, 1.82) is 15.8 Å². The molecule has 34 nitrogen and oxygen atoms in total. The third kappa shape index (κ3) is 23.6. The SMILES string of the molecule is CC(C)(C)C(=O)OCn1ccc2c(-c3cnn([C@H](CC#N)C4CCCC4)c3)ncnc21.CC(C)(C)C(=O)OCn1ccc2c(-c3cnn([C@H](CC(N)=O)C4CCCC4)c3)ncnc21.N#CC[C@H](C1CCCC1)n1cc(-c2ncnc3[nH]ccc23)cn1.N#CC[C@H](C1CCCC1)n1cc(-c2ncnc3[nH]ccc23)cn1.O=C(Cl)C(Cl)(Cl)Cl.O=[P+]([O-])OO.[HH]. The van der Waals surface area contributed by atoms with E-state index in [1.807, 2.05) is 147 Å². The third-order valence-electron chi connectivity index (χ3n) is 22.0. The van der Waals surface area contributed by atoms with E-state index in [1.54, 1.807) is 34.2 Å². The number of carbonyl (C=O) groups is 4. The molecule has 4 aliphatic rings. The second-order valence-electron chi connectivity index (χ2n) is 32.2. The molecule has 12 aromatic heterocycles. The first-order valence-corrected chi connectivity index (χ1v) is 42.5. The van der Waals surface area contributed by atoms with Crippen molar-refractivity contribution in [2.75, 3.05) is 0 Å². The number of aromatic nitrogens is 20. The number of hydrogen-bond donors (Lipinski definition) is 4. The lowest BCUT2D eigenvalue weighted by Crippen LogP contribution is -2.24. The van der Waals surface area contributed by atoms with Gasteiger partial charge in [0.25, 0.3) is 9.03 Å². The number of H-pyrrole nitrogens is 2. The van der Waals surface area contributed by atoms with Gasteiger partial charge in [0, 0.05) is 106 Å². The van der Waals surface area contributed by atoms with Crippen LogP contribution < -0.4 is 10.6 Å². The zero-order valence-corrected chi connectivity index (χ0v) is 71.7. The van der Waals surface area contributed by atoms with Gasteiger partial charge < -0.3 is 30.1 Å². The highest BCUT2D eigenvalue weighted by molar-refractivity contribution is 7.30. The van der Waals surface area contributed by atoms with Crippen LogP contribution in [0.5, 0.6) is 0 Å². The van der Waals surface area contributed by atoms with Crippen molar-refractivity contribution < 1.29 is 49.5 Å². The number of hydrogen-bond acceptors (Lipinski definition) is 25. The summed E-state index contributed by atoms with van der Waals surface area (Å²) in [7, 11) is -3.04. The van der Waals surface area contributed by atoms with Crippen LogP contribution in [-0.4, -0.2) is 130 Å². The van der Waals surface area contributed by atoms with Crippen LogP contribution in [0.3, 0.4) is 0 Å². The lowest BCUT2D eigenvalue weighted by molar-refractivity contribution is -0.244. The lowest BCUT2D eigenvalue weighted by Gasteiger charge is -2.22. The first kappa shape index (κ1) is 90.8. The van der Waals surface area contributed by atoms with Gasteiger partial charge in [-0.25, -0.2) is 45.1 Å². The van der Waals surface area contributed by atoms with Gasteiger partial charge in [0.2, 0.25) is 5.91 Å². The molecular weight excluding hydrogens is 1650 g/mol. The number of rotatable bonds is 22. The fourth-order valence-electron chi connectivity index (χ4n) is 15.9. The van der Waals surface area contributed by atoms with Crippen LogP contribution in [0.15, 0.2) is 124 Å². The predicted molar refractivity (Wildman–Crippen MR) is 452 cm³/mol. The highest BCUT2D eigenvalue weighted by Crippen LogP contribution is 2.42. The molecule has 12 aromatic rings. The Morgan fingerprint density at radius 1 is 0.521 bits per heavy atom. The molecule has 16 rings (SSSR count). The van der Waals surface area contributed by atoms with Gasteiger partial charge in [0.05, 0.1) is 120 Å².